The Morgan fingerprint density at radius 3 is 3.04 bits per heavy atom. The van der Waals surface area contributed by atoms with E-state index in [1.807, 2.05) is 5.38 Å². The van der Waals surface area contributed by atoms with Gasteiger partial charge in [0.25, 0.3) is 10.8 Å². The topological polar surface area (TPSA) is 105 Å². The molecule has 0 atom stereocenters. The monoisotopic (exact) mass is 351 g/mol. The number of H-pyrrole nitrogens is 1. The predicted molar refractivity (Wildman–Crippen MR) is 86.5 cm³/mol. The van der Waals surface area contributed by atoms with E-state index < -0.39 is 0 Å². The standard InChI is InChI=1S/C13H13N5O3S2/c1-7-16-17-13(21-7)23-6-10(19)18(2)5-9-14-8-3-4-22-11(8)12(20)15-9/h3-4H,5-6H2,1-2H3,(H,14,15,20). The minimum absolute atomic E-state index is 0.126. The van der Waals surface area contributed by atoms with Crippen LogP contribution in [0.4, 0.5) is 0 Å². The van der Waals surface area contributed by atoms with Crippen LogP contribution in [0.3, 0.4) is 0 Å². The molecular formula is C13H13N5O3S2. The van der Waals surface area contributed by atoms with Gasteiger partial charge in [0.05, 0.1) is 17.8 Å². The number of nitrogens with zero attached hydrogens (tertiary/aromatic N) is 4. The fourth-order valence-corrected chi connectivity index (χ4v) is 3.35. The number of thiophene rings is 1. The Labute approximate surface area is 138 Å². The van der Waals surface area contributed by atoms with Crippen LogP contribution in [0.15, 0.2) is 25.9 Å². The Kier molecular flexibility index (Phi) is 4.44. The molecule has 120 valence electrons. The molecule has 0 aliphatic heterocycles. The van der Waals surface area contributed by atoms with Crippen molar-refractivity contribution in [3.63, 3.8) is 0 Å². The number of thioether (sulfide) groups is 1. The summed E-state index contributed by atoms with van der Waals surface area (Å²) in [6.07, 6.45) is 0. The van der Waals surface area contributed by atoms with Crippen LogP contribution in [0.1, 0.15) is 11.7 Å². The Morgan fingerprint density at radius 2 is 2.30 bits per heavy atom. The maximum Gasteiger partial charge on any atom is 0.277 e. The van der Waals surface area contributed by atoms with Gasteiger partial charge in [-0.05, 0) is 11.4 Å². The number of nitrogens with one attached hydrogen (secondary N) is 1. The number of aromatic amines is 1. The molecule has 0 spiro atoms. The molecule has 0 unspecified atom stereocenters. The van der Waals surface area contributed by atoms with Gasteiger partial charge >= 0.3 is 0 Å². The van der Waals surface area contributed by atoms with Crippen molar-refractivity contribution >= 4 is 39.2 Å². The van der Waals surface area contributed by atoms with Gasteiger partial charge in [-0.3, -0.25) is 9.59 Å². The highest BCUT2D eigenvalue weighted by Crippen LogP contribution is 2.17. The average molecular weight is 351 g/mol. The van der Waals surface area contributed by atoms with E-state index in [1.165, 1.54) is 28.0 Å². The molecule has 0 radical (unpaired) electrons. The number of hydrogen-bond acceptors (Lipinski definition) is 8. The van der Waals surface area contributed by atoms with Gasteiger partial charge in [0.15, 0.2) is 0 Å². The van der Waals surface area contributed by atoms with E-state index in [1.54, 1.807) is 20.0 Å². The van der Waals surface area contributed by atoms with Crippen molar-refractivity contribution in [1.82, 2.24) is 25.1 Å². The molecule has 0 bridgehead atoms. The summed E-state index contributed by atoms with van der Waals surface area (Å²) >= 11 is 2.52. The zero-order valence-electron chi connectivity index (χ0n) is 12.4. The number of rotatable bonds is 5. The highest BCUT2D eigenvalue weighted by atomic mass is 32.2. The third kappa shape index (κ3) is 3.59. The highest BCUT2D eigenvalue weighted by molar-refractivity contribution is 7.99. The van der Waals surface area contributed by atoms with E-state index in [-0.39, 0.29) is 23.8 Å². The Bertz CT molecular complexity index is 900. The lowest BCUT2D eigenvalue weighted by atomic mass is 10.4. The van der Waals surface area contributed by atoms with Crippen LogP contribution in [0.2, 0.25) is 0 Å². The lowest BCUT2D eigenvalue weighted by Crippen LogP contribution is -2.29. The lowest BCUT2D eigenvalue weighted by Gasteiger charge is -2.15. The Hall–Kier alpha value is -2.20. The summed E-state index contributed by atoms with van der Waals surface area (Å²) in [5.41, 5.74) is 0.460. The van der Waals surface area contributed by atoms with Crippen LogP contribution in [0, 0.1) is 6.92 Å². The summed E-state index contributed by atoms with van der Waals surface area (Å²) in [5, 5.41) is 9.69. The first-order chi connectivity index (χ1) is 11.0. The third-order valence-corrected chi connectivity index (χ3v) is 4.71. The minimum atomic E-state index is -0.184. The molecule has 10 heteroatoms. The minimum Gasteiger partial charge on any atom is -0.416 e. The molecule has 0 saturated heterocycles. The molecule has 1 N–H and O–H groups in total. The van der Waals surface area contributed by atoms with Crippen LogP contribution in [-0.2, 0) is 11.3 Å². The van der Waals surface area contributed by atoms with E-state index >= 15 is 0 Å². The number of aryl methyl sites for hydroxylation is 1. The van der Waals surface area contributed by atoms with Crippen molar-refractivity contribution in [2.75, 3.05) is 12.8 Å². The fourth-order valence-electron chi connectivity index (χ4n) is 1.88. The van der Waals surface area contributed by atoms with Crippen LogP contribution in [-0.4, -0.2) is 43.8 Å². The molecule has 3 aromatic rings. The second kappa shape index (κ2) is 6.50. The summed E-state index contributed by atoms with van der Waals surface area (Å²) in [5.74, 6) is 0.955. The summed E-state index contributed by atoms with van der Waals surface area (Å²) in [4.78, 5) is 32.6. The van der Waals surface area contributed by atoms with Crippen molar-refractivity contribution in [1.29, 1.82) is 0 Å². The molecule has 8 nitrogen and oxygen atoms in total. The normalized spacial score (nSPS) is 11.0. The van der Waals surface area contributed by atoms with Crippen LogP contribution < -0.4 is 5.56 Å². The molecule has 0 aliphatic carbocycles. The summed E-state index contributed by atoms with van der Waals surface area (Å²) in [6.45, 7) is 1.91. The molecule has 0 saturated carbocycles. The van der Waals surface area contributed by atoms with Crippen LogP contribution in [0.25, 0.3) is 10.2 Å². The van der Waals surface area contributed by atoms with E-state index in [0.29, 0.717) is 27.2 Å². The first-order valence-corrected chi connectivity index (χ1v) is 8.52. The Morgan fingerprint density at radius 1 is 1.48 bits per heavy atom. The first-order valence-electron chi connectivity index (χ1n) is 6.66. The van der Waals surface area contributed by atoms with Crippen molar-refractivity contribution in [3.8, 4) is 0 Å². The molecule has 1 amide bonds. The zero-order chi connectivity index (χ0) is 16.4. The quantitative estimate of drug-likeness (QED) is 0.693. The molecular weight excluding hydrogens is 338 g/mol. The van der Waals surface area contributed by atoms with E-state index in [2.05, 4.69) is 20.2 Å². The van der Waals surface area contributed by atoms with Gasteiger partial charge < -0.3 is 14.3 Å². The maximum atomic E-state index is 12.1. The summed E-state index contributed by atoms with van der Waals surface area (Å²) < 4.78 is 5.79. The number of hydrogen-bond donors (Lipinski definition) is 1. The molecule has 3 aromatic heterocycles. The fraction of sp³-hybridized carbons (Fsp3) is 0.308. The SMILES string of the molecule is Cc1nnc(SCC(=O)N(C)Cc2nc3ccsc3c(=O)[nH]2)o1. The number of aromatic nitrogens is 4. The summed E-state index contributed by atoms with van der Waals surface area (Å²) in [7, 11) is 1.65. The largest absolute Gasteiger partial charge is 0.416 e. The van der Waals surface area contributed by atoms with Gasteiger partial charge in [-0.1, -0.05) is 11.8 Å². The van der Waals surface area contributed by atoms with Crippen LogP contribution in [0.5, 0.6) is 0 Å². The average Bonchev–Trinajstić information content (AvgIpc) is 3.13. The van der Waals surface area contributed by atoms with Gasteiger partial charge in [-0.25, -0.2) is 4.98 Å². The molecule has 23 heavy (non-hydrogen) atoms. The lowest BCUT2D eigenvalue weighted by molar-refractivity contribution is -0.127. The third-order valence-electron chi connectivity index (χ3n) is 3.00. The predicted octanol–water partition coefficient (Wildman–Crippen LogP) is 1.43. The van der Waals surface area contributed by atoms with E-state index in [4.69, 9.17) is 4.42 Å². The Balaban J connectivity index is 1.63. The first kappa shape index (κ1) is 15.7. The zero-order valence-corrected chi connectivity index (χ0v) is 14.0. The highest BCUT2D eigenvalue weighted by Gasteiger charge is 2.14. The molecule has 3 rings (SSSR count). The van der Waals surface area contributed by atoms with Crippen molar-refractivity contribution < 1.29 is 9.21 Å². The van der Waals surface area contributed by atoms with Crippen LogP contribution >= 0.6 is 23.1 Å². The van der Waals surface area contributed by atoms with Gasteiger partial charge in [0.1, 0.15) is 10.5 Å². The molecule has 0 fully saturated rings. The van der Waals surface area contributed by atoms with Gasteiger partial charge in [-0.15, -0.1) is 21.5 Å². The number of fused-ring (bicyclic) bond motifs is 1. The number of carbonyl (C=O) groups excluding carboxylic acids is 1. The maximum absolute atomic E-state index is 12.1. The van der Waals surface area contributed by atoms with E-state index in [0.717, 1.165) is 0 Å². The van der Waals surface area contributed by atoms with Crippen molar-refractivity contribution in [2.24, 2.45) is 0 Å². The van der Waals surface area contributed by atoms with Crippen molar-refractivity contribution in [3.05, 3.63) is 33.5 Å². The molecule has 0 aliphatic rings. The van der Waals surface area contributed by atoms with Gasteiger partial charge in [-0.2, -0.15) is 0 Å². The second-order valence-corrected chi connectivity index (χ2v) is 6.62. The van der Waals surface area contributed by atoms with Gasteiger partial charge in [0, 0.05) is 14.0 Å². The van der Waals surface area contributed by atoms with Crippen molar-refractivity contribution in [2.45, 2.75) is 18.7 Å². The summed E-state index contributed by atoms with van der Waals surface area (Å²) in [6, 6.07) is 1.79. The van der Waals surface area contributed by atoms with Gasteiger partial charge in [0.2, 0.25) is 11.8 Å². The molecule has 0 aromatic carbocycles. The van der Waals surface area contributed by atoms with E-state index in [9.17, 15) is 9.59 Å². The molecule has 3 heterocycles. The number of carbonyl (C=O) groups is 1. The number of amides is 1. The second-order valence-electron chi connectivity index (χ2n) is 4.77. The smallest absolute Gasteiger partial charge is 0.277 e.